The molecule has 0 amide bonds. The second kappa shape index (κ2) is 11.0. The van der Waals surface area contributed by atoms with Crippen molar-refractivity contribution in [2.24, 2.45) is 0 Å². The topological polar surface area (TPSA) is 118 Å². The lowest BCUT2D eigenvalue weighted by molar-refractivity contribution is -0.210. The Hall–Kier alpha value is -3.50. The van der Waals surface area contributed by atoms with Crippen LogP contribution in [-0.4, -0.2) is 64.8 Å². The summed E-state index contributed by atoms with van der Waals surface area (Å²) in [5, 5.41) is 40.5. The normalized spacial score (nSPS) is 23.4. The number of benzene rings is 2. The van der Waals surface area contributed by atoms with Gasteiger partial charge in [-0.3, -0.25) is 4.68 Å². The number of aromatic nitrogens is 5. The molecule has 2 aromatic carbocycles. The Morgan fingerprint density at radius 3 is 2.26 bits per heavy atom. The Bertz CT molecular complexity index is 1570. The summed E-state index contributed by atoms with van der Waals surface area (Å²) in [5.74, 6) is -0.237. The first kappa shape index (κ1) is 30.0. The van der Waals surface area contributed by atoms with Crippen molar-refractivity contribution in [1.29, 1.82) is 0 Å². The molecule has 4 aromatic rings. The van der Waals surface area contributed by atoms with E-state index >= 15 is 0 Å². The summed E-state index contributed by atoms with van der Waals surface area (Å²) < 4.78 is 88.2. The molecule has 42 heavy (non-hydrogen) atoms. The molecule has 0 saturated carbocycles. The van der Waals surface area contributed by atoms with Crippen molar-refractivity contribution in [1.82, 2.24) is 24.5 Å². The standard InChI is InChI=1S/C26H22ClF6N5O4/c1-12-35-24(38(36-12)18-8-16(27)6-7-17(18)26(31,32)33)23-22(41)20(21(40)19(11-39)42-23)37-10-14(9-34-37)13-2-4-15(5-3-13)25(28,29)30/h2-10,19-23,39-41H,11H2,1H3/t19?,20-,21-,22?,23+/m0/s1. The van der Waals surface area contributed by atoms with Gasteiger partial charge < -0.3 is 20.1 Å². The van der Waals surface area contributed by atoms with Crippen LogP contribution < -0.4 is 0 Å². The summed E-state index contributed by atoms with van der Waals surface area (Å²) in [6, 6.07) is 5.78. The molecule has 0 radical (unpaired) electrons. The summed E-state index contributed by atoms with van der Waals surface area (Å²) in [4.78, 5) is 4.19. The van der Waals surface area contributed by atoms with E-state index in [4.69, 9.17) is 16.3 Å². The zero-order valence-corrected chi connectivity index (χ0v) is 22.2. The first-order chi connectivity index (χ1) is 19.7. The van der Waals surface area contributed by atoms with E-state index in [1.165, 1.54) is 31.5 Å². The monoisotopic (exact) mass is 617 g/mol. The lowest BCUT2D eigenvalue weighted by Gasteiger charge is -2.42. The van der Waals surface area contributed by atoms with Crippen LogP contribution in [0.15, 0.2) is 54.9 Å². The van der Waals surface area contributed by atoms with Crippen molar-refractivity contribution in [2.75, 3.05) is 6.61 Å². The van der Waals surface area contributed by atoms with Gasteiger partial charge in [0, 0.05) is 16.8 Å². The summed E-state index contributed by atoms with van der Waals surface area (Å²) in [6.07, 6.45) is -12.8. The molecule has 3 N–H and O–H groups in total. The van der Waals surface area contributed by atoms with Crippen molar-refractivity contribution in [3.8, 4) is 16.8 Å². The van der Waals surface area contributed by atoms with Crippen LogP contribution in [0.25, 0.3) is 16.8 Å². The third-order valence-electron chi connectivity index (χ3n) is 6.83. The van der Waals surface area contributed by atoms with Crippen LogP contribution in [0.4, 0.5) is 26.3 Å². The summed E-state index contributed by atoms with van der Waals surface area (Å²) in [6.45, 7) is 0.665. The maximum Gasteiger partial charge on any atom is 0.418 e. The minimum atomic E-state index is -4.81. The summed E-state index contributed by atoms with van der Waals surface area (Å²) in [5.41, 5.74) is -1.73. The largest absolute Gasteiger partial charge is 0.418 e. The molecule has 2 unspecified atom stereocenters. The van der Waals surface area contributed by atoms with Crippen LogP contribution in [0.3, 0.4) is 0 Å². The quantitative estimate of drug-likeness (QED) is 0.282. The number of aryl methyl sites for hydroxylation is 1. The van der Waals surface area contributed by atoms with E-state index in [2.05, 4.69) is 15.2 Å². The predicted molar refractivity (Wildman–Crippen MR) is 135 cm³/mol. The Kier molecular flexibility index (Phi) is 7.83. The molecule has 0 bridgehead atoms. The van der Waals surface area contributed by atoms with E-state index in [-0.39, 0.29) is 16.7 Å². The van der Waals surface area contributed by atoms with E-state index in [1.807, 2.05) is 0 Å². The fraction of sp³-hybridized carbons (Fsp3) is 0.346. The number of aliphatic hydroxyl groups is 3. The smallest absolute Gasteiger partial charge is 0.394 e. The lowest BCUT2D eigenvalue weighted by atomic mass is 9.92. The molecule has 1 aliphatic rings. The molecule has 5 atom stereocenters. The number of halogens is 7. The highest BCUT2D eigenvalue weighted by atomic mass is 35.5. The van der Waals surface area contributed by atoms with Gasteiger partial charge in [0.15, 0.2) is 5.82 Å². The molecular weight excluding hydrogens is 596 g/mol. The Labute approximate surface area is 238 Å². The molecule has 3 heterocycles. The summed E-state index contributed by atoms with van der Waals surface area (Å²) in [7, 11) is 0. The van der Waals surface area contributed by atoms with E-state index in [1.54, 1.807) is 0 Å². The number of ether oxygens (including phenoxy) is 1. The molecule has 1 fully saturated rings. The van der Waals surface area contributed by atoms with Gasteiger partial charge in [-0.2, -0.15) is 36.5 Å². The zero-order chi connectivity index (χ0) is 30.6. The molecule has 16 heteroatoms. The van der Waals surface area contributed by atoms with Crippen LogP contribution in [0.1, 0.15) is 34.9 Å². The van der Waals surface area contributed by atoms with Gasteiger partial charge in [0.2, 0.25) is 0 Å². The van der Waals surface area contributed by atoms with Crippen molar-refractivity contribution < 1.29 is 46.4 Å². The average Bonchev–Trinajstić information content (AvgIpc) is 3.55. The van der Waals surface area contributed by atoms with Crippen LogP contribution >= 0.6 is 11.6 Å². The molecule has 2 aromatic heterocycles. The third kappa shape index (κ3) is 5.62. The van der Waals surface area contributed by atoms with Crippen molar-refractivity contribution in [3.63, 3.8) is 0 Å². The van der Waals surface area contributed by atoms with E-state index in [0.717, 1.165) is 39.7 Å². The van der Waals surface area contributed by atoms with E-state index in [0.29, 0.717) is 11.1 Å². The molecular formula is C26H22ClF6N5O4. The van der Waals surface area contributed by atoms with E-state index < -0.39 is 66.2 Å². The molecule has 9 nitrogen and oxygen atoms in total. The van der Waals surface area contributed by atoms with Crippen molar-refractivity contribution in [3.05, 3.63) is 82.7 Å². The number of rotatable bonds is 5. The number of hydrogen-bond donors (Lipinski definition) is 3. The summed E-state index contributed by atoms with van der Waals surface area (Å²) >= 11 is 6.00. The number of nitrogens with zero attached hydrogens (tertiary/aromatic N) is 5. The molecule has 0 aliphatic carbocycles. The third-order valence-corrected chi connectivity index (χ3v) is 7.07. The van der Waals surface area contributed by atoms with Gasteiger partial charge in [-0.25, -0.2) is 9.67 Å². The second-order valence-corrected chi connectivity index (χ2v) is 10.1. The van der Waals surface area contributed by atoms with Gasteiger partial charge in [-0.1, -0.05) is 23.7 Å². The second-order valence-electron chi connectivity index (χ2n) is 9.62. The molecule has 0 spiro atoms. The minimum Gasteiger partial charge on any atom is -0.394 e. The molecule has 5 rings (SSSR count). The maximum absolute atomic E-state index is 13.9. The Balaban J connectivity index is 1.54. The maximum atomic E-state index is 13.9. The fourth-order valence-electron chi connectivity index (χ4n) is 4.84. The van der Waals surface area contributed by atoms with Crippen molar-refractivity contribution >= 4 is 11.6 Å². The van der Waals surface area contributed by atoms with Gasteiger partial charge in [0.1, 0.15) is 36.3 Å². The lowest BCUT2D eigenvalue weighted by Crippen LogP contribution is -2.53. The highest BCUT2D eigenvalue weighted by Gasteiger charge is 2.48. The zero-order valence-electron chi connectivity index (χ0n) is 21.4. The van der Waals surface area contributed by atoms with Gasteiger partial charge >= 0.3 is 12.4 Å². The van der Waals surface area contributed by atoms with Crippen LogP contribution in [-0.2, 0) is 17.1 Å². The average molecular weight is 618 g/mol. The highest BCUT2D eigenvalue weighted by Crippen LogP contribution is 2.41. The van der Waals surface area contributed by atoms with Crippen LogP contribution in [0.2, 0.25) is 5.02 Å². The Morgan fingerprint density at radius 1 is 0.952 bits per heavy atom. The number of alkyl halides is 6. The van der Waals surface area contributed by atoms with E-state index in [9.17, 15) is 41.7 Å². The number of hydrogen-bond acceptors (Lipinski definition) is 7. The first-order valence-corrected chi connectivity index (χ1v) is 12.7. The fourth-order valence-corrected chi connectivity index (χ4v) is 5.01. The van der Waals surface area contributed by atoms with Gasteiger partial charge in [-0.05, 0) is 42.8 Å². The Morgan fingerprint density at radius 2 is 1.64 bits per heavy atom. The van der Waals surface area contributed by atoms with Gasteiger partial charge in [0.05, 0.1) is 29.6 Å². The van der Waals surface area contributed by atoms with Crippen LogP contribution in [0.5, 0.6) is 0 Å². The molecule has 1 aliphatic heterocycles. The van der Waals surface area contributed by atoms with Crippen LogP contribution in [0, 0.1) is 6.92 Å². The first-order valence-electron chi connectivity index (χ1n) is 12.3. The molecule has 1 saturated heterocycles. The number of aliphatic hydroxyl groups excluding tert-OH is 3. The molecule has 224 valence electrons. The van der Waals surface area contributed by atoms with Crippen molar-refractivity contribution in [2.45, 2.75) is 49.7 Å². The van der Waals surface area contributed by atoms with Gasteiger partial charge in [-0.15, -0.1) is 0 Å². The SMILES string of the molecule is Cc1nc([C@@H]2OC(CO)[C@H](O)[C@H](n3cc(-c4ccc(C(F)(F)F)cc4)cn3)C2O)n(-c2cc(Cl)ccc2C(F)(F)F)n1. The minimum absolute atomic E-state index is 0.0285. The van der Waals surface area contributed by atoms with Gasteiger partial charge in [0.25, 0.3) is 0 Å². The highest BCUT2D eigenvalue weighted by molar-refractivity contribution is 6.30. The predicted octanol–water partition coefficient (Wildman–Crippen LogP) is 4.53.